The smallest absolute Gasteiger partial charge is 0.252 e. The van der Waals surface area contributed by atoms with Crippen molar-refractivity contribution >= 4 is 22.8 Å². The van der Waals surface area contributed by atoms with Crippen molar-refractivity contribution in [2.24, 2.45) is 4.99 Å². The second-order valence-electron chi connectivity index (χ2n) is 7.58. The number of carbonyl (C=O) groups excluding carboxylic acids is 1. The minimum absolute atomic E-state index is 0.411. The molecule has 1 amide bonds. The van der Waals surface area contributed by atoms with Crippen LogP contribution in [0, 0.1) is 0 Å². The van der Waals surface area contributed by atoms with Crippen LogP contribution in [0.5, 0.6) is 0 Å². The molecule has 2 aliphatic heterocycles. The maximum absolute atomic E-state index is 12.6. The molecule has 0 saturated carbocycles. The van der Waals surface area contributed by atoms with Crippen LogP contribution in [0.25, 0.3) is 11.1 Å². The van der Waals surface area contributed by atoms with E-state index < -0.39 is 35.7 Å². The summed E-state index contributed by atoms with van der Waals surface area (Å²) in [5.41, 5.74) is 2.93. The number of hydrogen-bond donors (Lipinski definition) is 4. The Labute approximate surface area is 185 Å². The molecule has 31 heavy (non-hydrogen) atoms. The zero-order valence-electron chi connectivity index (χ0n) is 17.3. The molecule has 2 aromatic carbocycles. The molecule has 2 heterocycles. The largest absolute Gasteiger partial charge is 0.388 e. The number of thioether (sulfide) groups is 1. The highest BCUT2D eigenvalue weighted by Crippen LogP contribution is 2.34. The second kappa shape index (κ2) is 9.82. The van der Waals surface area contributed by atoms with Gasteiger partial charge in [-0.2, -0.15) is 0 Å². The van der Waals surface area contributed by atoms with Crippen molar-refractivity contribution in [3.8, 4) is 11.1 Å². The molecule has 2 aromatic rings. The van der Waals surface area contributed by atoms with Gasteiger partial charge in [-0.3, -0.25) is 9.79 Å². The number of ether oxygens (including phenoxy) is 1. The van der Waals surface area contributed by atoms with Crippen LogP contribution < -0.4 is 10.6 Å². The van der Waals surface area contributed by atoms with E-state index in [1.165, 1.54) is 11.8 Å². The minimum Gasteiger partial charge on any atom is -0.388 e. The topological polar surface area (TPSA) is 103 Å². The van der Waals surface area contributed by atoms with E-state index in [1.807, 2.05) is 37.3 Å². The van der Waals surface area contributed by atoms with Crippen LogP contribution in [0.4, 0.5) is 0 Å². The summed E-state index contributed by atoms with van der Waals surface area (Å²) in [5.74, 6) is -0.424. The number of aliphatic hydroxyl groups is 2. The first-order valence-electron chi connectivity index (χ1n) is 10.5. The Kier molecular flexibility index (Phi) is 6.92. The second-order valence-corrected chi connectivity index (χ2v) is 8.66. The first-order valence-corrected chi connectivity index (χ1v) is 11.4. The van der Waals surface area contributed by atoms with E-state index in [2.05, 4.69) is 39.9 Å². The van der Waals surface area contributed by atoms with Gasteiger partial charge in [-0.05, 0) is 30.0 Å². The maximum Gasteiger partial charge on any atom is 0.252 e. The quantitative estimate of drug-likeness (QED) is 0.542. The lowest BCUT2D eigenvalue weighted by molar-refractivity contribution is -0.172. The van der Waals surface area contributed by atoms with Crippen LogP contribution in [-0.4, -0.2) is 64.2 Å². The summed E-state index contributed by atoms with van der Waals surface area (Å²) in [6, 6.07) is 17.9. The molecule has 0 aliphatic carbocycles. The van der Waals surface area contributed by atoms with Gasteiger partial charge in [-0.15, -0.1) is 0 Å². The third kappa shape index (κ3) is 4.93. The summed E-state index contributed by atoms with van der Waals surface area (Å²) in [5, 5.41) is 27.4. The molecule has 0 radical (unpaired) electrons. The Morgan fingerprint density at radius 3 is 2.52 bits per heavy atom. The Morgan fingerprint density at radius 2 is 1.81 bits per heavy atom. The first kappa shape index (κ1) is 21.8. The van der Waals surface area contributed by atoms with E-state index in [0.29, 0.717) is 24.7 Å². The fourth-order valence-electron chi connectivity index (χ4n) is 3.77. The number of rotatable bonds is 6. The molecule has 4 N–H and O–H groups in total. The predicted molar refractivity (Wildman–Crippen MR) is 122 cm³/mol. The Hall–Kier alpha value is -2.39. The minimum atomic E-state index is -1.31. The Bertz CT molecular complexity index is 922. The number of aliphatic hydroxyl groups excluding tert-OH is 2. The molecule has 2 fully saturated rings. The van der Waals surface area contributed by atoms with Gasteiger partial charge < -0.3 is 25.6 Å². The summed E-state index contributed by atoms with van der Waals surface area (Å²) < 4.78 is 5.80. The summed E-state index contributed by atoms with van der Waals surface area (Å²) in [7, 11) is 0. The van der Waals surface area contributed by atoms with Crippen molar-refractivity contribution in [3.05, 3.63) is 60.2 Å². The number of benzene rings is 2. The zero-order valence-corrected chi connectivity index (χ0v) is 18.1. The summed E-state index contributed by atoms with van der Waals surface area (Å²) in [4.78, 5) is 16.9. The predicted octanol–water partition coefficient (Wildman–Crippen LogP) is 1.54. The summed E-state index contributed by atoms with van der Waals surface area (Å²) in [6.45, 7) is 2.92. The highest BCUT2D eigenvalue weighted by atomic mass is 32.2. The number of hydrogen-bond acceptors (Lipinski definition) is 6. The zero-order chi connectivity index (χ0) is 21.8. The molecule has 164 valence electrons. The van der Waals surface area contributed by atoms with Gasteiger partial charge in [-0.1, -0.05) is 66.4 Å². The molecule has 8 heteroatoms. The van der Waals surface area contributed by atoms with Crippen LogP contribution in [0.15, 0.2) is 59.6 Å². The van der Waals surface area contributed by atoms with Crippen LogP contribution in [-0.2, 0) is 16.0 Å². The van der Waals surface area contributed by atoms with Crippen LogP contribution in [0.2, 0.25) is 0 Å². The van der Waals surface area contributed by atoms with E-state index in [1.54, 1.807) is 0 Å². The van der Waals surface area contributed by atoms with Crippen molar-refractivity contribution in [2.45, 2.75) is 43.1 Å². The normalized spacial score (nSPS) is 28.7. The number of fused-ring (bicyclic) bond motifs is 1. The molecule has 4 rings (SSSR count). The molecule has 7 nitrogen and oxygen atoms in total. The third-order valence-corrected chi connectivity index (χ3v) is 6.56. The van der Waals surface area contributed by atoms with E-state index in [-0.39, 0.29) is 0 Å². The van der Waals surface area contributed by atoms with Crippen molar-refractivity contribution in [3.63, 3.8) is 0 Å². The molecule has 0 aromatic heterocycles. The third-order valence-electron chi connectivity index (χ3n) is 5.45. The molecule has 0 spiro atoms. The van der Waals surface area contributed by atoms with Gasteiger partial charge in [0.25, 0.3) is 5.91 Å². The SMILES string of the molecule is CCN=C1NC2C(OC(C(=O)NCCc3ccc(-c4ccccc4)cc3)C(O)C2O)S1. The number of carbonyl (C=O) groups is 1. The fourth-order valence-corrected chi connectivity index (χ4v) is 4.95. The molecule has 0 bridgehead atoms. The van der Waals surface area contributed by atoms with E-state index >= 15 is 0 Å². The van der Waals surface area contributed by atoms with Gasteiger partial charge in [0.1, 0.15) is 17.6 Å². The lowest BCUT2D eigenvalue weighted by Gasteiger charge is -2.38. The highest BCUT2D eigenvalue weighted by Gasteiger charge is 2.51. The Balaban J connectivity index is 1.30. The summed E-state index contributed by atoms with van der Waals surface area (Å²) in [6.07, 6.45) is -2.88. The molecular weight excluding hydrogens is 414 g/mol. The number of nitrogens with one attached hydrogen (secondary N) is 2. The number of aliphatic imine (C=N–C) groups is 1. The lowest BCUT2D eigenvalue weighted by Crippen LogP contribution is -2.62. The lowest BCUT2D eigenvalue weighted by atomic mass is 9.97. The monoisotopic (exact) mass is 441 g/mol. The van der Waals surface area contributed by atoms with E-state index in [4.69, 9.17) is 4.74 Å². The standard InChI is InChI=1S/C23H27N3O4S/c1-2-24-23-26-17-18(27)19(28)20(30-22(17)31-23)21(29)25-13-12-14-8-10-16(11-9-14)15-6-4-3-5-7-15/h3-11,17-20,22,27-28H,2,12-13H2,1H3,(H,24,26)(H,25,29). The molecule has 5 unspecified atom stereocenters. The van der Waals surface area contributed by atoms with E-state index in [0.717, 1.165) is 16.7 Å². The van der Waals surface area contributed by atoms with Crippen molar-refractivity contribution in [2.75, 3.05) is 13.1 Å². The van der Waals surface area contributed by atoms with Crippen LogP contribution in [0.3, 0.4) is 0 Å². The van der Waals surface area contributed by atoms with Gasteiger partial charge in [0.05, 0.1) is 6.04 Å². The average Bonchev–Trinajstić information content (AvgIpc) is 3.20. The van der Waals surface area contributed by atoms with Gasteiger partial charge in [-0.25, -0.2) is 0 Å². The average molecular weight is 442 g/mol. The van der Waals surface area contributed by atoms with Crippen molar-refractivity contribution < 1.29 is 19.7 Å². The van der Waals surface area contributed by atoms with Gasteiger partial charge in [0, 0.05) is 13.1 Å². The number of nitrogens with zero attached hydrogens (tertiary/aromatic N) is 1. The maximum atomic E-state index is 12.6. The van der Waals surface area contributed by atoms with Crippen molar-refractivity contribution in [1.82, 2.24) is 10.6 Å². The number of amidine groups is 1. The Morgan fingerprint density at radius 1 is 1.10 bits per heavy atom. The van der Waals surface area contributed by atoms with Crippen LogP contribution in [0.1, 0.15) is 12.5 Å². The van der Waals surface area contributed by atoms with Gasteiger partial charge in [0.15, 0.2) is 11.3 Å². The molecular formula is C23H27N3O4S. The van der Waals surface area contributed by atoms with Gasteiger partial charge in [0.2, 0.25) is 0 Å². The van der Waals surface area contributed by atoms with Crippen molar-refractivity contribution in [1.29, 1.82) is 0 Å². The first-order chi connectivity index (χ1) is 15.1. The van der Waals surface area contributed by atoms with E-state index in [9.17, 15) is 15.0 Å². The van der Waals surface area contributed by atoms with Gasteiger partial charge >= 0.3 is 0 Å². The molecule has 5 atom stereocenters. The highest BCUT2D eigenvalue weighted by molar-refractivity contribution is 8.14. The van der Waals surface area contributed by atoms with Crippen LogP contribution >= 0.6 is 11.8 Å². The fraction of sp³-hybridized carbons (Fsp3) is 0.391. The summed E-state index contributed by atoms with van der Waals surface area (Å²) >= 11 is 1.33. The number of amides is 1. The molecule has 2 saturated heterocycles. The molecule has 2 aliphatic rings.